The van der Waals surface area contributed by atoms with Gasteiger partial charge >= 0.3 is 0 Å². The molecule has 3 aromatic rings. The lowest BCUT2D eigenvalue weighted by Crippen LogP contribution is -2.48. The van der Waals surface area contributed by atoms with Crippen molar-refractivity contribution in [2.24, 2.45) is 0 Å². The van der Waals surface area contributed by atoms with Gasteiger partial charge in [0.05, 0.1) is 0 Å². The van der Waals surface area contributed by atoms with Crippen LogP contribution in [0.1, 0.15) is 12.0 Å². The van der Waals surface area contributed by atoms with Gasteiger partial charge in [0.15, 0.2) is 10.2 Å². The van der Waals surface area contributed by atoms with Gasteiger partial charge in [-0.05, 0) is 54.5 Å². The maximum Gasteiger partial charge on any atom is 0.189 e. The van der Waals surface area contributed by atoms with Gasteiger partial charge < -0.3 is 10.6 Å². The van der Waals surface area contributed by atoms with E-state index in [0.717, 1.165) is 36.2 Å². The van der Waals surface area contributed by atoms with Gasteiger partial charge in [0.25, 0.3) is 0 Å². The lowest BCUT2D eigenvalue weighted by atomic mass is 10.0. The minimum absolute atomic E-state index is 0.446. The second-order valence-corrected chi connectivity index (χ2v) is 7.28. The summed E-state index contributed by atoms with van der Waals surface area (Å²) in [5.74, 6) is 0. The summed E-state index contributed by atoms with van der Waals surface area (Å²) >= 11 is 10.7. The summed E-state index contributed by atoms with van der Waals surface area (Å²) in [6, 6.07) is 28.6. The monoisotopic (exact) mass is 420 g/mol. The van der Waals surface area contributed by atoms with E-state index >= 15 is 0 Å². The average Bonchev–Trinajstić information content (AvgIpc) is 2.77. The Kier molecular flexibility index (Phi) is 7.98. The van der Waals surface area contributed by atoms with E-state index in [9.17, 15) is 0 Å². The van der Waals surface area contributed by atoms with E-state index in [0.29, 0.717) is 10.2 Å². The van der Waals surface area contributed by atoms with E-state index in [1.165, 1.54) is 5.56 Å². The van der Waals surface area contributed by atoms with Gasteiger partial charge in [-0.1, -0.05) is 78.9 Å². The van der Waals surface area contributed by atoms with Crippen LogP contribution in [0.3, 0.4) is 0 Å². The zero-order valence-electron chi connectivity index (χ0n) is 16.0. The molecular formula is C23H24N4S2. The van der Waals surface area contributed by atoms with E-state index in [-0.39, 0.29) is 0 Å². The van der Waals surface area contributed by atoms with Crippen LogP contribution < -0.4 is 21.5 Å². The maximum atomic E-state index is 5.39. The second-order valence-electron chi connectivity index (χ2n) is 6.46. The minimum Gasteiger partial charge on any atom is -0.361 e. The van der Waals surface area contributed by atoms with Gasteiger partial charge in [0.1, 0.15) is 0 Å². The summed E-state index contributed by atoms with van der Waals surface area (Å²) in [5, 5.41) is 7.36. The summed E-state index contributed by atoms with van der Waals surface area (Å²) in [6.07, 6.45) is 2.01. The molecule has 0 saturated heterocycles. The third-order valence-electron chi connectivity index (χ3n) is 4.32. The van der Waals surface area contributed by atoms with Crippen LogP contribution in [-0.4, -0.2) is 16.8 Å². The Labute approximate surface area is 182 Å². The minimum atomic E-state index is 0.446. The highest BCUT2D eigenvalue weighted by molar-refractivity contribution is 7.80. The van der Waals surface area contributed by atoms with E-state index in [1.54, 1.807) is 0 Å². The zero-order chi connectivity index (χ0) is 20.3. The van der Waals surface area contributed by atoms with E-state index in [2.05, 4.69) is 63.9 Å². The van der Waals surface area contributed by atoms with Gasteiger partial charge in [-0.25, -0.2) is 0 Å². The van der Waals surface area contributed by atoms with Crippen LogP contribution in [-0.2, 0) is 6.42 Å². The van der Waals surface area contributed by atoms with Crippen LogP contribution in [0, 0.1) is 0 Å². The lowest BCUT2D eigenvalue weighted by molar-refractivity contribution is 0.746. The zero-order valence-corrected chi connectivity index (χ0v) is 17.7. The Bertz CT molecular complexity index is 930. The molecule has 0 aliphatic rings. The van der Waals surface area contributed by atoms with Crippen molar-refractivity contribution in [2.45, 2.75) is 12.8 Å². The summed E-state index contributed by atoms with van der Waals surface area (Å²) in [4.78, 5) is 0. The first-order valence-electron chi connectivity index (χ1n) is 9.51. The molecule has 0 radical (unpaired) electrons. The number of hydrazine groups is 1. The van der Waals surface area contributed by atoms with Crippen LogP contribution in [0.25, 0.3) is 11.1 Å². The molecule has 4 N–H and O–H groups in total. The van der Waals surface area contributed by atoms with Crippen LogP contribution in [0.4, 0.5) is 5.69 Å². The Morgan fingerprint density at radius 3 is 2.07 bits per heavy atom. The molecule has 0 fully saturated rings. The number of hydrogen-bond acceptors (Lipinski definition) is 2. The van der Waals surface area contributed by atoms with Crippen molar-refractivity contribution in [1.29, 1.82) is 0 Å². The van der Waals surface area contributed by atoms with Crippen LogP contribution in [0.5, 0.6) is 0 Å². The van der Waals surface area contributed by atoms with Gasteiger partial charge in [-0.15, -0.1) is 0 Å². The number of hydrogen-bond donors (Lipinski definition) is 4. The van der Waals surface area contributed by atoms with Crippen LogP contribution >= 0.6 is 24.4 Å². The largest absolute Gasteiger partial charge is 0.361 e. The van der Waals surface area contributed by atoms with Crippen molar-refractivity contribution in [3.63, 3.8) is 0 Å². The number of rotatable bonds is 6. The molecule has 4 nitrogen and oxygen atoms in total. The third kappa shape index (κ3) is 6.85. The molecule has 6 heteroatoms. The Hall–Kier alpha value is -2.96. The first kappa shape index (κ1) is 20.8. The SMILES string of the molecule is S=C(NCCCc1ccccc1)NNC(=S)Nc1ccccc1-c1ccccc1. The molecule has 3 aromatic carbocycles. The average molecular weight is 421 g/mol. The fourth-order valence-corrected chi connectivity index (χ4v) is 3.23. The first-order valence-corrected chi connectivity index (χ1v) is 10.3. The molecule has 0 heterocycles. The van der Waals surface area contributed by atoms with Crippen LogP contribution in [0.15, 0.2) is 84.9 Å². The fraction of sp³-hybridized carbons (Fsp3) is 0.130. The van der Waals surface area contributed by atoms with Gasteiger partial charge in [-0.3, -0.25) is 10.9 Å². The van der Waals surface area contributed by atoms with E-state index in [1.807, 2.05) is 42.5 Å². The number of nitrogens with one attached hydrogen (secondary N) is 4. The fourth-order valence-electron chi connectivity index (χ4n) is 2.91. The van der Waals surface area contributed by atoms with Crippen molar-refractivity contribution < 1.29 is 0 Å². The predicted octanol–water partition coefficient (Wildman–Crippen LogP) is 4.65. The summed E-state index contributed by atoms with van der Waals surface area (Å²) in [6.45, 7) is 0.791. The normalized spacial score (nSPS) is 10.1. The number of thiocarbonyl (C=S) groups is 2. The molecule has 148 valence electrons. The molecule has 0 atom stereocenters. The highest BCUT2D eigenvalue weighted by atomic mass is 32.1. The quantitative estimate of drug-likeness (QED) is 0.265. The van der Waals surface area contributed by atoms with Crippen molar-refractivity contribution in [3.8, 4) is 11.1 Å². The first-order chi connectivity index (χ1) is 14.2. The molecule has 0 amide bonds. The molecule has 0 saturated carbocycles. The molecule has 0 bridgehead atoms. The number of para-hydroxylation sites is 1. The Morgan fingerprint density at radius 2 is 1.31 bits per heavy atom. The van der Waals surface area contributed by atoms with Crippen LogP contribution in [0.2, 0.25) is 0 Å². The van der Waals surface area contributed by atoms with E-state index < -0.39 is 0 Å². The molecule has 0 aromatic heterocycles. The highest BCUT2D eigenvalue weighted by Crippen LogP contribution is 2.27. The van der Waals surface area contributed by atoms with Crippen molar-refractivity contribution in [3.05, 3.63) is 90.5 Å². The summed E-state index contributed by atoms with van der Waals surface area (Å²) < 4.78 is 0. The maximum absolute atomic E-state index is 5.39. The highest BCUT2D eigenvalue weighted by Gasteiger charge is 2.06. The van der Waals surface area contributed by atoms with Gasteiger partial charge in [0, 0.05) is 17.8 Å². The van der Waals surface area contributed by atoms with Crippen molar-refractivity contribution >= 4 is 40.3 Å². The third-order valence-corrected chi connectivity index (χ3v) is 4.77. The molecule has 3 rings (SSSR count). The number of benzene rings is 3. The number of aryl methyl sites for hydroxylation is 1. The van der Waals surface area contributed by atoms with Gasteiger partial charge in [0.2, 0.25) is 0 Å². The second kappa shape index (κ2) is 11.1. The topological polar surface area (TPSA) is 48.1 Å². The molecular weight excluding hydrogens is 396 g/mol. The summed E-state index contributed by atoms with van der Waals surface area (Å²) in [7, 11) is 0. The standard InChI is InChI=1S/C23H24N4S2/c28-22(24-17-9-12-18-10-3-1-4-11-18)26-27-23(29)25-21-16-8-7-15-20(21)19-13-5-2-6-14-19/h1-8,10-11,13-16H,9,12,17H2,(H2,24,26,28)(H2,25,27,29). The number of anilines is 1. The molecule has 29 heavy (non-hydrogen) atoms. The van der Waals surface area contributed by atoms with Gasteiger partial charge in [-0.2, -0.15) is 0 Å². The van der Waals surface area contributed by atoms with E-state index in [4.69, 9.17) is 24.4 Å². The molecule has 0 unspecified atom stereocenters. The molecule has 0 spiro atoms. The lowest BCUT2D eigenvalue weighted by Gasteiger charge is -2.16. The Morgan fingerprint density at radius 1 is 0.690 bits per heavy atom. The molecule has 0 aliphatic carbocycles. The molecule has 0 aliphatic heterocycles. The van der Waals surface area contributed by atoms with Crippen molar-refractivity contribution in [1.82, 2.24) is 16.2 Å². The smallest absolute Gasteiger partial charge is 0.189 e. The Balaban J connectivity index is 1.42. The van der Waals surface area contributed by atoms with Crippen molar-refractivity contribution in [2.75, 3.05) is 11.9 Å². The summed E-state index contributed by atoms with van der Waals surface area (Å²) in [5.41, 5.74) is 10.3. The predicted molar refractivity (Wildman–Crippen MR) is 130 cm³/mol.